The Morgan fingerprint density at radius 3 is 2.69 bits per heavy atom. The van der Waals surface area contributed by atoms with Gasteiger partial charge in [-0.3, -0.25) is 14.8 Å². The Morgan fingerprint density at radius 2 is 1.96 bits per heavy atom. The predicted molar refractivity (Wildman–Crippen MR) is 85.1 cm³/mol. The first-order chi connectivity index (χ1) is 12.5. The summed E-state index contributed by atoms with van der Waals surface area (Å²) in [7, 11) is 0. The van der Waals surface area contributed by atoms with Crippen molar-refractivity contribution in [3.8, 4) is 11.5 Å². The van der Waals surface area contributed by atoms with Gasteiger partial charge >= 0.3 is 0 Å². The second-order valence-corrected chi connectivity index (χ2v) is 5.91. The average Bonchev–Trinajstić information content (AvgIpc) is 3.27. The molecule has 0 spiro atoms. The van der Waals surface area contributed by atoms with Crippen molar-refractivity contribution in [1.29, 1.82) is 0 Å². The Kier molecular flexibility index (Phi) is 3.90. The molecule has 1 amide bonds. The minimum absolute atomic E-state index is 0.0294. The summed E-state index contributed by atoms with van der Waals surface area (Å²) in [6, 6.07) is 7.06. The Bertz CT molecular complexity index is 917. The molecular weight excluding hydrogens is 344 g/mol. The van der Waals surface area contributed by atoms with Crippen molar-refractivity contribution >= 4 is 5.91 Å². The summed E-state index contributed by atoms with van der Waals surface area (Å²) in [5.41, 5.74) is 0.704. The van der Waals surface area contributed by atoms with Gasteiger partial charge in [0, 0.05) is 30.6 Å². The second kappa shape index (κ2) is 6.25. The van der Waals surface area contributed by atoms with Crippen LogP contribution in [0.15, 0.2) is 53.3 Å². The fourth-order valence-electron chi connectivity index (χ4n) is 2.87. The summed E-state index contributed by atoms with van der Waals surface area (Å²) >= 11 is 0. The molecule has 0 bridgehead atoms. The minimum atomic E-state index is -3.04. The van der Waals surface area contributed by atoms with Gasteiger partial charge in [-0.05, 0) is 24.3 Å². The number of carbonyl (C=O) groups is 1. The monoisotopic (exact) mass is 357 g/mol. The third-order valence-corrected chi connectivity index (χ3v) is 4.07. The van der Waals surface area contributed by atoms with E-state index < -0.39 is 30.8 Å². The molecule has 7 nitrogen and oxygen atoms in total. The van der Waals surface area contributed by atoms with Crippen LogP contribution in [0.4, 0.5) is 8.78 Å². The lowest BCUT2D eigenvalue weighted by Crippen LogP contribution is -2.33. The van der Waals surface area contributed by atoms with Crippen molar-refractivity contribution < 1.29 is 18.0 Å². The Balaban J connectivity index is 1.66. The van der Waals surface area contributed by atoms with Crippen molar-refractivity contribution in [1.82, 2.24) is 25.1 Å². The van der Waals surface area contributed by atoms with Crippen LogP contribution >= 0.6 is 0 Å². The molecule has 0 aliphatic carbocycles. The highest BCUT2D eigenvalue weighted by Gasteiger charge is 2.50. The quantitative estimate of drug-likeness (QED) is 0.717. The molecule has 0 aromatic carbocycles. The average molecular weight is 357 g/mol. The van der Waals surface area contributed by atoms with Gasteiger partial charge in [-0.2, -0.15) is 0 Å². The van der Waals surface area contributed by atoms with E-state index in [0.717, 1.165) is 4.90 Å². The van der Waals surface area contributed by atoms with Gasteiger partial charge in [0.1, 0.15) is 11.7 Å². The van der Waals surface area contributed by atoms with E-state index in [1.807, 2.05) is 0 Å². The van der Waals surface area contributed by atoms with E-state index in [1.165, 1.54) is 12.3 Å². The molecule has 1 aliphatic rings. The number of hydrogen-bond acceptors (Lipinski definition) is 6. The van der Waals surface area contributed by atoms with Crippen LogP contribution in [0.1, 0.15) is 28.8 Å². The van der Waals surface area contributed by atoms with E-state index in [-0.39, 0.29) is 17.5 Å². The molecule has 0 N–H and O–H groups in total. The van der Waals surface area contributed by atoms with Gasteiger partial charge in [0.15, 0.2) is 0 Å². The number of halogens is 2. The fourth-order valence-corrected chi connectivity index (χ4v) is 2.87. The van der Waals surface area contributed by atoms with Gasteiger partial charge in [0.05, 0.1) is 6.54 Å². The van der Waals surface area contributed by atoms with Gasteiger partial charge in [-0.1, -0.05) is 6.07 Å². The van der Waals surface area contributed by atoms with Crippen molar-refractivity contribution in [3.05, 3.63) is 60.5 Å². The molecule has 3 aromatic heterocycles. The van der Waals surface area contributed by atoms with E-state index in [2.05, 4.69) is 20.2 Å². The first kappa shape index (κ1) is 16.2. The highest BCUT2D eigenvalue weighted by molar-refractivity contribution is 5.92. The van der Waals surface area contributed by atoms with Crippen LogP contribution in [0.3, 0.4) is 0 Å². The van der Waals surface area contributed by atoms with Crippen molar-refractivity contribution in [2.24, 2.45) is 0 Å². The molecule has 1 saturated heterocycles. The van der Waals surface area contributed by atoms with E-state index in [0.29, 0.717) is 5.56 Å². The zero-order valence-electron chi connectivity index (χ0n) is 13.4. The molecule has 9 heteroatoms. The van der Waals surface area contributed by atoms with Gasteiger partial charge < -0.3 is 9.32 Å². The first-order valence-electron chi connectivity index (χ1n) is 7.87. The van der Waals surface area contributed by atoms with Crippen LogP contribution in [-0.4, -0.2) is 43.4 Å². The largest absolute Gasteiger partial charge is 0.418 e. The third kappa shape index (κ3) is 3.03. The number of rotatable bonds is 3. The third-order valence-electron chi connectivity index (χ3n) is 4.07. The van der Waals surface area contributed by atoms with Crippen LogP contribution in [-0.2, 0) is 0 Å². The summed E-state index contributed by atoms with van der Waals surface area (Å²) in [6.45, 7) is -0.722. The molecule has 1 fully saturated rings. The number of nitrogens with zero attached hydrogens (tertiary/aromatic N) is 5. The predicted octanol–water partition coefficient (Wildman–Crippen LogP) is 2.75. The maximum absolute atomic E-state index is 14.0. The lowest BCUT2D eigenvalue weighted by atomic mass is 10.2. The number of hydrogen-bond donors (Lipinski definition) is 0. The zero-order valence-corrected chi connectivity index (χ0v) is 13.4. The first-order valence-corrected chi connectivity index (χ1v) is 7.87. The normalized spacial score (nSPS) is 18.8. The summed E-state index contributed by atoms with van der Waals surface area (Å²) in [5, 5.41) is 7.78. The van der Waals surface area contributed by atoms with Crippen LogP contribution < -0.4 is 0 Å². The Labute approximate surface area is 146 Å². The molecule has 4 rings (SSSR count). The minimum Gasteiger partial charge on any atom is -0.418 e. The number of aromatic nitrogens is 4. The molecule has 0 unspecified atom stereocenters. The molecule has 4 heterocycles. The smallest absolute Gasteiger partial charge is 0.273 e. The second-order valence-electron chi connectivity index (χ2n) is 5.91. The van der Waals surface area contributed by atoms with Crippen molar-refractivity contribution in [2.45, 2.75) is 18.4 Å². The maximum Gasteiger partial charge on any atom is 0.273 e. The zero-order chi connectivity index (χ0) is 18.1. The topological polar surface area (TPSA) is 85.0 Å². The van der Waals surface area contributed by atoms with Crippen LogP contribution in [0.2, 0.25) is 0 Å². The molecule has 26 heavy (non-hydrogen) atoms. The number of alkyl halides is 2. The lowest BCUT2D eigenvalue weighted by molar-refractivity contribution is 0.0116. The van der Waals surface area contributed by atoms with E-state index in [9.17, 15) is 13.6 Å². The fraction of sp³-hybridized carbons (Fsp3) is 0.235. The molecular formula is C17H13F2N5O2. The number of likely N-dealkylation sites (tertiary alicyclic amines) is 1. The summed E-state index contributed by atoms with van der Waals surface area (Å²) in [5.74, 6) is -3.49. The lowest BCUT2D eigenvalue weighted by Gasteiger charge is -2.20. The Morgan fingerprint density at radius 1 is 1.15 bits per heavy atom. The van der Waals surface area contributed by atoms with Crippen molar-refractivity contribution in [2.75, 3.05) is 6.54 Å². The standard InChI is InChI=1S/C17H13F2N5O2/c18-17(19)9-13(24(10-17)16(25)12-3-1-2-6-21-12)15-23-22-14(26-15)11-4-7-20-8-5-11/h1-8,13H,9-10H2/t13-/m0/s1. The van der Waals surface area contributed by atoms with Gasteiger partial charge in [0.25, 0.3) is 11.8 Å². The van der Waals surface area contributed by atoms with Gasteiger partial charge in [-0.25, -0.2) is 8.78 Å². The van der Waals surface area contributed by atoms with E-state index in [4.69, 9.17) is 4.42 Å². The number of pyridine rings is 2. The van der Waals surface area contributed by atoms with Crippen molar-refractivity contribution in [3.63, 3.8) is 0 Å². The molecule has 3 aromatic rings. The summed E-state index contributed by atoms with van der Waals surface area (Å²) in [4.78, 5) is 21.5. The van der Waals surface area contributed by atoms with Gasteiger partial charge in [-0.15, -0.1) is 10.2 Å². The van der Waals surface area contributed by atoms with Gasteiger partial charge in [0.2, 0.25) is 11.8 Å². The van der Waals surface area contributed by atoms with Crippen LogP contribution in [0, 0.1) is 0 Å². The van der Waals surface area contributed by atoms with Crippen LogP contribution in [0.5, 0.6) is 0 Å². The summed E-state index contributed by atoms with van der Waals surface area (Å²) in [6.07, 6.45) is 3.97. The highest BCUT2D eigenvalue weighted by atomic mass is 19.3. The Hall–Kier alpha value is -3.23. The van der Waals surface area contributed by atoms with Crippen LogP contribution in [0.25, 0.3) is 11.5 Å². The molecule has 0 saturated carbocycles. The SMILES string of the molecule is O=C(c1ccccn1)N1CC(F)(F)C[C@H]1c1nnc(-c2ccncc2)o1. The number of amides is 1. The molecule has 1 aliphatic heterocycles. The molecule has 132 valence electrons. The maximum atomic E-state index is 14.0. The molecule has 1 atom stereocenters. The number of carbonyl (C=O) groups excluding carboxylic acids is 1. The molecule has 0 radical (unpaired) electrons. The van der Waals surface area contributed by atoms with E-state index in [1.54, 1.807) is 36.7 Å². The van der Waals surface area contributed by atoms with E-state index >= 15 is 0 Å². The highest BCUT2D eigenvalue weighted by Crippen LogP contribution is 2.41. The summed E-state index contributed by atoms with van der Waals surface area (Å²) < 4.78 is 33.6.